The lowest BCUT2D eigenvalue weighted by Crippen LogP contribution is -2.34. The van der Waals surface area contributed by atoms with Crippen LogP contribution in [-0.4, -0.2) is 39.7 Å². The summed E-state index contributed by atoms with van der Waals surface area (Å²) in [6.07, 6.45) is 0.709. The van der Waals surface area contributed by atoms with Crippen molar-refractivity contribution in [3.8, 4) is 0 Å². The first-order valence-electron chi connectivity index (χ1n) is 7.77. The number of carbonyl (C=O) groups excluding carboxylic acids is 2. The minimum absolute atomic E-state index is 0.0344. The average Bonchev–Trinajstić information content (AvgIpc) is 2.71. The van der Waals surface area contributed by atoms with E-state index in [4.69, 9.17) is 0 Å². The molecule has 3 rings (SSSR count). The summed E-state index contributed by atoms with van der Waals surface area (Å²) in [5.74, 6) is -0.193. The van der Waals surface area contributed by atoms with Crippen molar-refractivity contribution in [2.24, 2.45) is 7.05 Å². The molecule has 1 fully saturated rings. The number of hydrogen-bond acceptors (Lipinski definition) is 4. The van der Waals surface area contributed by atoms with Crippen molar-refractivity contribution in [2.75, 3.05) is 14.1 Å². The number of benzene rings is 1. The lowest BCUT2D eigenvalue weighted by atomic mass is 9.93. The summed E-state index contributed by atoms with van der Waals surface area (Å²) in [5, 5.41) is 0. The molecule has 2 aromatic rings. The fraction of sp³-hybridized carbons (Fsp3) is 0.471. The SMILES string of the molecule is CN(C)Cc1ccc2c(c1)n(C)c(=O)n2C1CCC(=O)CC1=O. The van der Waals surface area contributed by atoms with E-state index < -0.39 is 6.04 Å². The smallest absolute Gasteiger partial charge is 0.305 e. The van der Waals surface area contributed by atoms with Gasteiger partial charge in [0, 0.05) is 20.0 Å². The predicted molar refractivity (Wildman–Crippen MR) is 87.5 cm³/mol. The van der Waals surface area contributed by atoms with Gasteiger partial charge in [-0.1, -0.05) is 6.07 Å². The number of Topliss-reactive ketones (excluding diaryl/α,β-unsaturated/α-hetero) is 2. The van der Waals surface area contributed by atoms with Crippen molar-refractivity contribution in [2.45, 2.75) is 31.8 Å². The molecule has 0 spiro atoms. The molecule has 6 heteroatoms. The van der Waals surface area contributed by atoms with Gasteiger partial charge in [-0.05, 0) is 38.2 Å². The van der Waals surface area contributed by atoms with Crippen LogP contribution in [0.25, 0.3) is 11.0 Å². The number of nitrogens with zero attached hydrogens (tertiary/aromatic N) is 3. The minimum Gasteiger partial charge on any atom is -0.305 e. The van der Waals surface area contributed by atoms with Crippen LogP contribution in [0.2, 0.25) is 0 Å². The zero-order valence-electron chi connectivity index (χ0n) is 13.7. The molecule has 23 heavy (non-hydrogen) atoms. The topological polar surface area (TPSA) is 64.3 Å². The minimum atomic E-state index is -0.524. The van der Waals surface area contributed by atoms with E-state index in [9.17, 15) is 14.4 Å². The monoisotopic (exact) mass is 315 g/mol. The van der Waals surface area contributed by atoms with Gasteiger partial charge in [0.15, 0.2) is 5.78 Å². The van der Waals surface area contributed by atoms with Crippen molar-refractivity contribution >= 4 is 22.6 Å². The first-order chi connectivity index (χ1) is 10.9. The van der Waals surface area contributed by atoms with E-state index in [0.717, 1.165) is 23.1 Å². The van der Waals surface area contributed by atoms with Crippen LogP contribution in [0.3, 0.4) is 0 Å². The van der Waals surface area contributed by atoms with Crippen molar-refractivity contribution in [3.63, 3.8) is 0 Å². The van der Waals surface area contributed by atoms with Crippen LogP contribution in [0.5, 0.6) is 0 Å². The normalized spacial score (nSPS) is 19.0. The van der Waals surface area contributed by atoms with Gasteiger partial charge >= 0.3 is 5.69 Å². The third-order valence-electron chi connectivity index (χ3n) is 4.40. The summed E-state index contributed by atoms with van der Waals surface area (Å²) in [6.45, 7) is 0.784. The van der Waals surface area contributed by atoms with E-state index in [-0.39, 0.29) is 23.7 Å². The molecule has 1 atom stereocenters. The van der Waals surface area contributed by atoms with E-state index in [1.54, 1.807) is 16.2 Å². The highest BCUT2D eigenvalue weighted by Gasteiger charge is 2.31. The zero-order chi connectivity index (χ0) is 16.7. The Morgan fingerprint density at radius 2 is 1.91 bits per heavy atom. The molecule has 1 heterocycles. The summed E-state index contributed by atoms with van der Waals surface area (Å²) in [7, 11) is 5.71. The van der Waals surface area contributed by atoms with E-state index >= 15 is 0 Å². The second-order valence-corrected chi connectivity index (χ2v) is 6.51. The highest BCUT2D eigenvalue weighted by Crippen LogP contribution is 2.26. The van der Waals surface area contributed by atoms with Crippen LogP contribution in [0.1, 0.15) is 30.9 Å². The second-order valence-electron chi connectivity index (χ2n) is 6.51. The van der Waals surface area contributed by atoms with E-state index in [1.165, 1.54) is 0 Å². The van der Waals surface area contributed by atoms with Crippen molar-refractivity contribution < 1.29 is 9.59 Å². The Hall–Kier alpha value is -2.21. The molecule has 1 unspecified atom stereocenters. The van der Waals surface area contributed by atoms with Gasteiger partial charge < -0.3 is 4.90 Å². The Kier molecular flexibility index (Phi) is 3.93. The standard InChI is InChI=1S/C17H21N3O3/c1-18(2)10-11-4-6-13-15(8-11)19(3)17(23)20(13)14-7-5-12(21)9-16(14)22/h4,6,8,14H,5,7,9-10H2,1-3H3. The molecular formula is C17H21N3O3. The Morgan fingerprint density at radius 1 is 1.17 bits per heavy atom. The largest absolute Gasteiger partial charge is 0.329 e. The molecule has 1 aromatic carbocycles. The molecule has 0 aliphatic heterocycles. The highest BCUT2D eigenvalue weighted by molar-refractivity contribution is 6.03. The molecule has 0 radical (unpaired) electrons. The molecule has 1 saturated carbocycles. The van der Waals surface area contributed by atoms with Gasteiger partial charge in [-0.3, -0.25) is 18.7 Å². The zero-order valence-corrected chi connectivity index (χ0v) is 13.7. The summed E-state index contributed by atoms with van der Waals surface area (Å²) < 4.78 is 3.14. The number of ketones is 2. The molecule has 0 saturated heterocycles. The molecule has 0 N–H and O–H groups in total. The van der Waals surface area contributed by atoms with Crippen LogP contribution >= 0.6 is 0 Å². The molecule has 122 valence electrons. The first-order valence-corrected chi connectivity index (χ1v) is 7.77. The molecular weight excluding hydrogens is 294 g/mol. The first kappa shape index (κ1) is 15.7. The summed E-state index contributed by atoms with van der Waals surface area (Å²) >= 11 is 0. The van der Waals surface area contributed by atoms with E-state index in [2.05, 4.69) is 4.90 Å². The van der Waals surface area contributed by atoms with Crippen molar-refractivity contribution in [3.05, 3.63) is 34.2 Å². The number of rotatable bonds is 3. The molecule has 6 nitrogen and oxygen atoms in total. The Labute approximate surface area is 134 Å². The van der Waals surface area contributed by atoms with Gasteiger partial charge in [-0.2, -0.15) is 0 Å². The number of fused-ring (bicyclic) bond motifs is 1. The average molecular weight is 315 g/mol. The molecule has 1 aliphatic carbocycles. The predicted octanol–water partition coefficient (Wildman–Crippen LogP) is 1.26. The third-order valence-corrected chi connectivity index (χ3v) is 4.40. The molecule has 1 aromatic heterocycles. The fourth-order valence-corrected chi connectivity index (χ4v) is 3.31. The van der Waals surface area contributed by atoms with Gasteiger partial charge in [0.05, 0.1) is 23.5 Å². The lowest BCUT2D eigenvalue weighted by Gasteiger charge is -2.21. The van der Waals surface area contributed by atoms with Crippen LogP contribution in [-0.2, 0) is 23.2 Å². The number of imidazole rings is 1. The van der Waals surface area contributed by atoms with Gasteiger partial charge in [0.25, 0.3) is 0 Å². The molecule has 0 bridgehead atoms. The van der Waals surface area contributed by atoms with Crippen LogP contribution in [0.4, 0.5) is 0 Å². The van der Waals surface area contributed by atoms with Crippen molar-refractivity contribution in [1.82, 2.24) is 14.0 Å². The van der Waals surface area contributed by atoms with Crippen LogP contribution < -0.4 is 5.69 Å². The van der Waals surface area contributed by atoms with Gasteiger partial charge in [-0.25, -0.2) is 4.79 Å². The van der Waals surface area contributed by atoms with Gasteiger partial charge in [0.1, 0.15) is 5.78 Å². The van der Waals surface area contributed by atoms with Gasteiger partial charge in [-0.15, -0.1) is 0 Å². The Bertz CT molecular complexity index is 845. The summed E-state index contributed by atoms with van der Waals surface area (Å²) in [6, 6.07) is 5.35. The highest BCUT2D eigenvalue weighted by atomic mass is 16.2. The van der Waals surface area contributed by atoms with E-state index in [0.29, 0.717) is 12.8 Å². The number of aryl methyl sites for hydroxylation is 1. The number of carbonyl (C=O) groups is 2. The summed E-state index contributed by atoms with van der Waals surface area (Å²) in [5.41, 5.74) is 2.49. The number of hydrogen-bond donors (Lipinski definition) is 0. The van der Waals surface area contributed by atoms with Gasteiger partial charge in [0.2, 0.25) is 0 Å². The maximum absolute atomic E-state index is 12.6. The third kappa shape index (κ3) is 2.74. The quantitative estimate of drug-likeness (QED) is 0.800. The summed E-state index contributed by atoms with van der Waals surface area (Å²) in [4.78, 5) is 38.3. The van der Waals surface area contributed by atoms with Crippen molar-refractivity contribution in [1.29, 1.82) is 0 Å². The second kappa shape index (κ2) is 5.77. The maximum Gasteiger partial charge on any atom is 0.329 e. The maximum atomic E-state index is 12.6. The van der Waals surface area contributed by atoms with Crippen LogP contribution in [0, 0.1) is 0 Å². The molecule has 1 aliphatic rings. The lowest BCUT2D eigenvalue weighted by molar-refractivity contribution is -0.132. The Balaban J connectivity index is 2.11. The Morgan fingerprint density at radius 3 is 2.57 bits per heavy atom. The molecule has 0 amide bonds. The van der Waals surface area contributed by atoms with E-state index in [1.807, 2.05) is 32.3 Å². The fourth-order valence-electron chi connectivity index (χ4n) is 3.31. The van der Waals surface area contributed by atoms with Crippen LogP contribution in [0.15, 0.2) is 23.0 Å². The number of aromatic nitrogens is 2.